The highest BCUT2D eigenvalue weighted by Gasteiger charge is 2.23. The van der Waals surface area contributed by atoms with Gasteiger partial charge in [0.05, 0.1) is 12.6 Å². The molecular weight excluding hydrogens is 278 g/mol. The van der Waals surface area contributed by atoms with Crippen LogP contribution in [0, 0.1) is 0 Å². The molecule has 7 heteroatoms. The molecule has 0 saturated carbocycles. The van der Waals surface area contributed by atoms with Gasteiger partial charge in [0.25, 0.3) is 10.2 Å². The zero-order chi connectivity index (χ0) is 15.3. The van der Waals surface area contributed by atoms with Crippen molar-refractivity contribution >= 4 is 16.1 Å². The van der Waals surface area contributed by atoms with E-state index in [-0.39, 0.29) is 18.5 Å². The maximum absolute atomic E-state index is 11.9. The van der Waals surface area contributed by atoms with Crippen LogP contribution in [0.4, 0.5) is 0 Å². The van der Waals surface area contributed by atoms with Crippen LogP contribution in [-0.4, -0.2) is 50.6 Å². The molecule has 6 nitrogen and oxygen atoms in total. The number of amides is 1. The van der Waals surface area contributed by atoms with Gasteiger partial charge in [-0.25, -0.2) is 0 Å². The molecule has 1 aromatic rings. The predicted molar refractivity (Wildman–Crippen MR) is 78.2 cm³/mol. The minimum atomic E-state index is -3.57. The van der Waals surface area contributed by atoms with Crippen LogP contribution in [0.5, 0.6) is 0 Å². The summed E-state index contributed by atoms with van der Waals surface area (Å²) < 4.78 is 25.7. The third-order valence-corrected chi connectivity index (χ3v) is 4.74. The van der Waals surface area contributed by atoms with E-state index in [2.05, 4.69) is 5.32 Å². The van der Waals surface area contributed by atoms with Crippen LogP contribution in [0.25, 0.3) is 0 Å². The Bertz CT molecular complexity index is 543. The van der Waals surface area contributed by atoms with Crippen molar-refractivity contribution in [2.75, 3.05) is 27.7 Å². The van der Waals surface area contributed by atoms with Gasteiger partial charge in [-0.05, 0) is 12.5 Å². The molecule has 0 aliphatic carbocycles. The lowest BCUT2D eigenvalue weighted by molar-refractivity contribution is -0.121. The third kappa shape index (κ3) is 4.29. The summed E-state index contributed by atoms with van der Waals surface area (Å²) in [5, 5.41) is 2.77. The summed E-state index contributed by atoms with van der Waals surface area (Å²) in [6.07, 6.45) is 0. The number of likely N-dealkylation sites (N-methyl/N-ethyl adjacent to an activating group) is 1. The van der Waals surface area contributed by atoms with Crippen molar-refractivity contribution in [3.63, 3.8) is 0 Å². The average Bonchev–Trinajstić information content (AvgIpc) is 2.39. The first-order valence-electron chi connectivity index (χ1n) is 6.23. The van der Waals surface area contributed by atoms with Gasteiger partial charge in [-0.1, -0.05) is 30.3 Å². The smallest absolute Gasteiger partial charge is 0.281 e. The van der Waals surface area contributed by atoms with E-state index in [1.54, 1.807) is 0 Å². The highest BCUT2D eigenvalue weighted by atomic mass is 32.2. The Morgan fingerprint density at radius 2 is 1.75 bits per heavy atom. The van der Waals surface area contributed by atoms with E-state index in [1.165, 1.54) is 21.1 Å². The van der Waals surface area contributed by atoms with E-state index in [1.807, 2.05) is 37.3 Å². The summed E-state index contributed by atoms with van der Waals surface area (Å²) in [6.45, 7) is 1.64. The number of hydrogen-bond donors (Lipinski definition) is 1. The summed E-state index contributed by atoms with van der Waals surface area (Å²) in [4.78, 5) is 11.9. The number of rotatable bonds is 6. The van der Waals surface area contributed by atoms with Crippen LogP contribution in [0.3, 0.4) is 0 Å². The van der Waals surface area contributed by atoms with Crippen molar-refractivity contribution in [2.24, 2.45) is 0 Å². The van der Waals surface area contributed by atoms with E-state index in [9.17, 15) is 13.2 Å². The van der Waals surface area contributed by atoms with Crippen LogP contribution in [-0.2, 0) is 15.0 Å². The molecule has 1 N–H and O–H groups in total. The van der Waals surface area contributed by atoms with E-state index >= 15 is 0 Å². The molecule has 0 aromatic heterocycles. The topological polar surface area (TPSA) is 69.7 Å². The van der Waals surface area contributed by atoms with Crippen LogP contribution in [0.1, 0.15) is 18.5 Å². The monoisotopic (exact) mass is 299 g/mol. The molecule has 0 unspecified atom stereocenters. The van der Waals surface area contributed by atoms with Gasteiger partial charge in [-0.3, -0.25) is 4.79 Å². The first-order valence-corrected chi connectivity index (χ1v) is 7.63. The molecule has 1 atom stereocenters. The van der Waals surface area contributed by atoms with Crippen molar-refractivity contribution < 1.29 is 13.2 Å². The van der Waals surface area contributed by atoms with Crippen molar-refractivity contribution in [1.29, 1.82) is 0 Å². The third-order valence-electron chi connectivity index (χ3n) is 2.90. The lowest BCUT2D eigenvalue weighted by atomic mass is 10.1. The Morgan fingerprint density at radius 3 is 2.25 bits per heavy atom. The fraction of sp³-hybridized carbons (Fsp3) is 0.462. The van der Waals surface area contributed by atoms with Crippen LogP contribution in [0.2, 0.25) is 0 Å². The number of nitrogens with one attached hydrogen (secondary N) is 1. The SMILES string of the molecule is C[C@@H](NC(=O)CN(C)S(=O)(=O)N(C)C)c1ccccc1. The maximum atomic E-state index is 11.9. The number of benzene rings is 1. The normalized spacial score (nSPS) is 13.5. The first-order chi connectivity index (χ1) is 9.25. The number of hydrogen-bond acceptors (Lipinski definition) is 3. The number of carbonyl (C=O) groups is 1. The Labute approximate surface area is 120 Å². The van der Waals surface area contributed by atoms with Crippen molar-refractivity contribution in [3.05, 3.63) is 35.9 Å². The number of carbonyl (C=O) groups excluding carboxylic acids is 1. The Kier molecular flexibility index (Phi) is 5.67. The van der Waals surface area contributed by atoms with E-state index in [4.69, 9.17) is 0 Å². The van der Waals surface area contributed by atoms with Gasteiger partial charge in [0, 0.05) is 21.1 Å². The molecular formula is C13H21N3O3S. The molecule has 20 heavy (non-hydrogen) atoms. The number of nitrogens with zero attached hydrogens (tertiary/aromatic N) is 2. The second-order valence-electron chi connectivity index (χ2n) is 4.75. The lowest BCUT2D eigenvalue weighted by Crippen LogP contribution is -2.43. The van der Waals surface area contributed by atoms with E-state index in [0.29, 0.717) is 0 Å². The van der Waals surface area contributed by atoms with Crippen LogP contribution < -0.4 is 5.32 Å². The first kappa shape index (κ1) is 16.6. The largest absolute Gasteiger partial charge is 0.348 e. The average molecular weight is 299 g/mol. The van der Waals surface area contributed by atoms with Crippen LogP contribution in [0.15, 0.2) is 30.3 Å². The second-order valence-corrected chi connectivity index (χ2v) is 7.00. The Morgan fingerprint density at radius 1 is 1.20 bits per heavy atom. The molecule has 0 aliphatic heterocycles. The van der Waals surface area contributed by atoms with E-state index < -0.39 is 10.2 Å². The van der Waals surface area contributed by atoms with Crippen molar-refractivity contribution in [2.45, 2.75) is 13.0 Å². The molecule has 0 heterocycles. The Hall–Kier alpha value is -1.44. The summed E-state index contributed by atoms with van der Waals surface area (Å²) in [5.74, 6) is -0.339. The Balaban J connectivity index is 2.61. The summed E-state index contributed by atoms with van der Waals surface area (Å²) in [6, 6.07) is 9.33. The molecule has 112 valence electrons. The van der Waals surface area contributed by atoms with Gasteiger partial charge in [0.2, 0.25) is 5.91 Å². The van der Waals surface area contributed by atoms with Crippen molar-refractivity contribution in [3.8, 4) is 0 Å². The standard InChI is InChI=1S/C13H21N3O3S/c1-11(12-8-6-5-7-9-12)14-13(17)10-16(4)20(18,19)15(2)3/h5-9,11H,10H2,1-4H3,(H,14,17)/t11-/m1/s1. The molecule has 0 spiro atoms. The minimum absolute atomic E-state index is 0.167. The van der Waals surface area contributed by atoms with Gasteiger partial charge in [-0.2, -0.15) is 17.0 Å². The van der Waals surface area contributed by atoms with Crippen molar-refractivity contribution in [1.82, 2.24) is 13.9 Å². The predicted octanol–water partition coefficient (Wildman–Crippen LogP) is 0.602. The summed E-state index contributed by atoms with van der Waals surface area (Å²) >= 11 is 0. The quantitative estimate of drug-likeness (QED) is 0.836. The molecule has 1 aromatic carbocycles. The van der Waals surface area contributed by atoms with Gasteiger partial charge >= 0.3 is 0 Å². The minimum Gasteiger partial charge on any atom is -0.348 e. The molecule has 0 aliphatic rings. The molecule has 0 fully saturated rings. The summed E-state index contributed by atoms with van der Waals surface area (Å²) in [5.41, 5.74) is 0.971. The molecule has 0 radical (unpaired) electrons. The fourth-order valence-electron chi connectivity index (χ4n) is 1.67. The zero-order valence-electron chi connectivity index (χ0n) is 12.2. The molecule has 0 bridgehead atoms. The highest BCUT2D eigenvalue weighted by molar-refractivity contribution is 7.86. The molecule has 1 rings (SSSR count). The molecule has 1 amide bonds. The lowest BCUT2D eigenvalue weighted by Gasteiger charge is -2.22. The highest BCUT2D eigenvalue weighted by Crippen LogP contribution is 2.11. The zero-order valence-corrected chi connectivity index (χ0v) is 13.0. The van der Waals surface area contributed by atoms with Gasteiger partial charge in [-0.15, -0.1) is 0 Å². The van der Waals surface area contributed by atoms with Gasteiger partial charge in [0.15, 0.2) is 0 Å². The van der Waals surface area contributed by atoms with Gasteiger partial charge in [0.1, 0.15) is 0 Å². The molecule has 0 saturated heterocycles. The summed E-state index contributed by atoms with van der Waals surface area (Å²) in [7, 11) is 0.664. The van der Waals surface area contributed by atoms with Crippen LogP contribution >= 0.6 is 0 Å². The maximum Gasteiger partial charge on any atom is 0.281 e. The second kappa shape index (κ2) is 6.83. The van der Waals surface area contributed by atoms with E-state index in [0.717, 1.165) is 14.2 Å². The van der Waals surface area contributed by atoms with Gasteiger partial charge < -0.3 is 5.32 Å². The fourth-order valence-corrected chi connectivity index (χ4v) is 2.51.